The molecule has 1 amide bonds. The van der Waals surface area contributed by atoms with E-state index in [4.69, 9.17) is 0 Å². The molecule has 1 aromatic heterocycles. The highest BCUT2D eigenvalue weighted by Gasteiger charge is 2.16. The SMILES string of the molecule is CCCN(CCC)C(=O)c1ccc(C(C)=O)[nH]1. The van der Waals surface area contributed by atoms with Gasteiger partial charge in [-0.3, -0.25) is 9.59 Å². The summed E-state index contributed by atoms with van der Waals surface area (Å²) in [5.41, 5.74) is 0.985. The maximum atomic E-state index is 12.1. The van der Waals surface area contributed by atoms with Crippen molar-refractivity contribution in [3.05, 3.63) is 23.5 Å². The molecule has 94 valence electrons. The molecule has 0 aliphatic rings. The number of nitrogens with one attached hydrogen (secondary N) is 1. The molecule has 0 unspecified atom stereocenters. The molecule has 1 rings (SSSR count). The molecule has 0 fully saturated rings. The summed E-state index contributed by atoms with van der Waals surface area (Å²) in [6.07, 6.45) is 1.87. The first-order valence-corrected chi connectivity index (χ1v) is 6.09. The quantitative estimate of drug-likeness (QED) is 0.771. The van der Waals surface area contributed by atoms with E-state index in [2.05, 4.69) is 4.98 Å². The highest BCUT2D eigenvalue weighted by molar-refractivity contribution is 5.97. The Morgan fingerprint density at radius 3 is 2.06 bits per heavy atom. The molecule has 0 bridgehead atoms. The van der Waals surface area contributed by atoms with Crippen LogP contribution in [0, 0.1) is 0 Å². The van der Waals surface area contributed by atoms with Gasteiger partial charge in [-0.05, 0) is 25.0 Å². The Kier molecular flexibility index (Phi) is 4.94. The van der Waals surface area contributed by atoms with Crippen LogP contribution >= 0.6 is 0 Å². The van der Waals surface area contributed by atoms with Gasteiger partial charge >= 0.3 is 0 Å². The minimum atomic E-state index is -0.0541. The van der Waals surface area contributed by atoms with Crippen LogP contribution in [-0.4, -0.2) is 34.7 Å². The van der Waals surface area contributed by atoms with Crippen LogP contribution in [0.4, 0.5) is 0 Å². The summed E-state index contributed by atoms with van der Waals surface area (Å²) < 4.78 is 0. The van der Waals surface area contributed by atoms with Gasteiger partial charge in [0.05, 0.1) is 5.69 Å². The van der Waals surface area contributed by atoms with Gasteiger partial charge < -0.3 is 9.88 Å². The van der Waals surface area contributed by atoms with E-state index < -0.39 is 0 Å². The van der Waals surface area contributed by atoms with Crippen molar-refractivity contribution in [1.29, 1.82) is 0 Å². The molecule has 1 aromatic rings. The van der Waals surface area contributed by atoms with Crippen LogP contribution in [0.5, 0.6) is 0 Å². The monoisotopic (exact) mass is 236 g/mol. The summed E-state index contributed by atoms with van der Waals surface area (Å²) in [5.74, 6) is -0.0808. The van der Waals surface area contributed by atoms with Crippen LogP contribution in [0.15, 0.2) is 12.1 Å². The van der Waals surface area contributed by atoms with Crippen LogP contribution in [0.3, 0.4) is 0 Å². The maximum Gasteiger partial charge on any atom is 0.270 e. The Labute approximate surface area is 102 Å². The number of aromatic amines is 1. The number of amides is 1. The molecular weight excluding hydrogens is 216 g/mol. The summed E-state index contributed by atoms with van der Waals surface area (Å²) >= 11 is 0. The van der Waals surface area contributed by atoms with Gasteiger partial charge in [0.1, 0.15) is 5.69 Å². The van der Waals surface area contributed by atoms with Crippen LogP contribution in [0.25, 0.3) is 0 Å². The molecule has 1 heterocycles. The summed E-state index contributed by atoms with van der Waals surface area (Å²) in [6, 6.07) is 3.34. The molecule has 0 aromatic carbocycles. The highest BCUT2D eigenvalue weighted by atomic mass is 16.2. The number of Topliss-reactive ketones (excluding diaryl/α,β-unsaturated/α-hetero) is 1. The third-order valence-electron chi connectivity index (χ3n) is 2.57. The minimum absolute atomic E-state index is 0.0267. The van der Waals surface area contributed by atoms with Crippen molar-refractivity contribution in [2.45, 2.75) is 33.6 Å². The largest absolute Gasteiger partial charge is 0.348 e. The lowest BCUT2D eigenvalue weighted by atomic mass is 10.3. The zero-order valence-corrected chi connectivity index (χ0v) is 10.7. The fourth-order valence-electron chi connectivity index (χ4n) is 1.75. The molecule has 0 radical (unpaired) electrons. The van der Waals surface area contributed by atoms with Crippen molar-refractivity contribution < 1.29 is 9.59 Å². The van der Waals surface area contributed by atoms with Crippen LogP contribution < -0.4 is 0 Å². The van der Waals surface area contributed by atoms with Crippen LogP contribution in [-0.2, 0) is 0 Å². The van der Waals surface area contributed by atoms with Gasteiger partial charge in [0.25, 0.3) is 5.91 Å². The van der Waals surface area contributed by atoms with E-state index in [9.17, 15) is 9.59 Å². The maximum absolute atomic E-state index is 12.1. The van der Waals surface area contributed by atoms with Gasteiger partial charge in [0.15, 0.2) is 5.78 Å². The van der Waals surface area contributed by atoms with Crippen molar-refractivity contribution in [2.75, 3.05) is 13.1 Å². The average molecular weight is 236 g/mol. The third kappa shape index (κ3) is 3.44. The topological polar surface area (TPSA) is 53.2 Å². The number of carbonyl (C=O) groups is 2. The number of hydrogen-bond donors (Lipinski definition) is 1. The summed E-state index contributed by atoms with van der Waals surface area (Å²) in [4.78, 5) is 28.0. The molecule has 0 saturated heterocycles. The summed E-state index contributed by atoms with van der Waals surface area (Å²) in [6.45, 7) is 7.08. The molecule has 4 heteroatoms. The Balaban J connectivity index is 2.81. The Hall–Kier alpha value is -1.58. The molecular formula is C13H20N2O2. The number of aromatic nitrogens is 1. The van der Waals surface area contributed by atoms with Gasteiger partial charge in [-0.15, -0.1) is 0 Å². The van der Waals surface area contributed by atoms with E-state index in [1.807, 2.05) is 18.7 Å². The molecule has 4 nitrogen and oxygen atoms in total. The number of hydrogen-bond acceptors (Lipinski definition) is 2. The number of ketones is 1. The lowest BCUT2D eigenvalue weighted by Crippen LogP contribution is -2.32. The van der Waals surface area contributed by atoms with Crippen molar-refractivity contribution in [1.82, 2.24) is 9.88 Å². The van der Waals surface area contributed by atoms with Gasteiger partial charge in [-0.2, -0.15) is 0 Å². The number of H-pyrrole nitrogens is 1. The lowest BCUT2D eigenvalue weighted by Gasteiger charge is -2.20. The number of rotatable bonds is 6. The zero-order chi connectivity index (χ0) is 12.8. The molecule has 0 atom stereocenters. The Bertz CT molecular complexity index is 390. The smallest absolute Gasteiger partial charge is 0.270 e. The second-order valence-electron chi connectivity index (χ2n) is 4.13. The van der Waals surface area contributed by atoms with Gasteiger partial charge in [0.2, 0.25) is 0 Å². The Morgan fingerprint density at radius 1 is 1.12 bits per heavy atom. The predicted octanol–water partition coefficient (Wildman–Crippen LogP) is 2.48. The molecule has 1 N–H and O–H groups in total. The van der Waals surface area contributed by atoms with Gasteiger partial charge in [-0.25, -0.2) is 0 Å². The van der Waals surface area contributed by atoms with Gasteiger partial charge in [-0.1, -0.05) is 13.8 Å². The number of nitrogens with zero attached hydrogens (tertiary/aromatic N) is 1. The first-order valence-electron chi connectivity index (χ1n) is 6.09. The normalized spacial score (nSPS) is 10.3. The van der Waals surface area contributed by atoms with E-state index in [0.717, 1.165) is 25.9 Å². The summed E-state index contributed by atoms with van der Waals surface area (Å²) in [7, 11) is 0. The molecule has 0 aliphatic heterocycles. The molecule has 0 spiro atoms. The van der Waals surface area contributed by atoms with Crippen LogP contribution in [0.1, 0.15) is 54.6 Å². The van der Waals surface area contributed by atoms with Crippen molar-refractivity contribution in [3.63, 3.8) is 0 Å². The Morgan fingerprint density at radius 2 is 1.65 bits per heavy atom. The van der Waals surface area contributed by atoms with Gasteiger partial charge in [0, 0.05) is 20.0 Å². The van der Waals surface area contributed by atoms with Crippen molar-refractivity contribution in [3.8, 4) is 0 Å². The standard InChI is InChI=1S/C13H20N2O2/c1-4-8-15(9-5-2)13(17)12-7-6-11(14-12)10(3)16/h6-7,14H,4-5,8-9H2,1-3H3. The highest BCUT2D eigenvalue weighted by Crippen LogP contribution is 2.07. The average Bonchev–Trinajstić information content (AvgIpc) is 2.77. The van der Waals surface area contributed by atoms with E-state index in [0.29, 0.717) is 11.4 Å². The summed E-state index contributed by atoms with van der Waals surface area (Å²) in [5, 5.41) is 0. The third-order valence-corrected chi connectivity index (χ3v) is 2.57. The fourth-order valence-corrected chi connectivity index (χ4v) is 1.75. The zero-order valence-electron chi connectivity index (χ0n) is 10.7. The predicted molar refractivity (Wildman–Crippen MR) is 67.3 cm³/mol. The van der Waals surface area contributed by atoms with E-state index in [1.165, 1.54) is 6.92 Å². The van der Waals surface area contributed by atoms with E-state index >= 15 is 0 Å². The fraction of sp³-hybridized carbons (Fsp3) is 0.538. The minimum Gasteiger partial charge on any atom is -0.348 e. The molecule has 17 heavy (non-hydrogen) atoms. The molecule has 0 saturated carbocycles. The first-order chi connectivity index (χ1) is 8.10. The van der Waals surface area contributed by atoms with Crippen molar-refractivity contribution in [2.24, 2.45) is 0 Å². The second-order valence-corrected chi connectivity index (χ2v) is 4.13. The lowest BCUT2D eigenvalue weighted by molar-refractivity contribution is 0.0750. The van der Waals surface area contributed by atoms with E-state index in [1.54, 1.807) is 12.1 Å². The van der Waals surface area contributed by atoms with Crippen LogP contribution in [0.2, 0.25) is 0 Å². The number of carbonyl (C=O) groups excluding carboxylic acids is 2. The first kappa shape index (κ1) is 13.5. The van der Waals surface area contributed by atoms with Crippen molar-refractivity contribution >= 4 is 11.7 Å². The van der Waals surface area contributed by atoms with E-state index in [-0.39, 0.29) is 11.7 Å². The molecule has 0 aliphatic carbocycles. The second kappa shape index (κ2) is 6.23.